The summed E-state index contributed by atoms with van der Waals surface area (Å²) in [4.78, 5) is 38.9. The second-order valence-electron chi connectivity index (χ2n) is 13.9. The zero-order valence-corrected chi connectivity index (χ0v) is 32.2. The van der Waals surface area contributed by atoms with Crippen LogP contribution < -0.4 is 29.5 Å². The van der Waals surface area contributed by atoms with Crippen LogP contribution in [0.3, 0.4) is 0 Å². The van der Waals surface area contributed by atoms with E-state index < -0.39 is 0 Å². The first kappa shape index (κ1) is 34.5. The molecule has 0 radical (unpaired) electrons. The Morgan fingerprint density at radius 1 is 0.769 bits per heavy atom. The van der Waals surface area contributed by atoms with E-state index in [-0.39, 0.29) is 33.3 Å². The molecule has 0 saturated heterocycles. The molecule has 4 aromatic rings. The lowest BCUT2D eigenvalue weighted by molar-refractivity contribution is 0.326. The summed E-state index contributed by atoms with van der Waals surface area (Å²) in [6.45, 7) is 19.5. The van der Waals surface area contributed by atoms with E-state index in [0.717, 1.165) is 56.2 Å². The predicted molar refractivity (Wildman–Crippen MR) is 211 cm³/mol. The third kappa shape index (κ3) is 4.89. The van der Waals surface area contributed by atoms with Gasteiger partial charge >= 0.3 is 0 Å². The van der Waals surface area contributed by atoms with Gasteiger partial charge in [-0.25, -0.2) is 20.2 Å². The van der Waals surface area contributed by atoms with Gasteiger partial charge in [0.25, 0.3) is 22.5 Å². The summed E-state index contributed by atoms with van der Waals surface area (Å²) in [5.41, 5.74) is 4.86. The molecule has 4 aromatic heterocycles. The minimum Gasteiger partial charge on any atom is -0.307 e. The zero-order valence-electron chi connectivity index (χ0n) is 28.9. The number of thiazole rings is 2. The Hall–Kier alpha value is -4.56. The predicted octanol–water partition coefficient (Wildman–Crippen LogP) is 6.54. The van der Waals surface area contributed by atoms with Crippen molar-refractivity contribution in [1.82, 2.24) is 9.13 Å². The fraction of sp³-hybridized carbons (Fsp3) is 0.400. The Morgan fingerprint density at radius 3 is 1.83 bits per heavy atom. The van der Waals surface area contributed by atoms with E-state index in [1.54, 1.807) is 15.9 Å². The first-order valence-corrected chi connectivity index (χ1v) is 21.1. The minimum absolute atomic E-state index is 0.0421. The Bertz CT molecular complexity index is 2740. The van der Waals surface area contributed by atoms with Gasteiger partial charge in [0.15, 0.2) is 0 Å². The molecular formula is C40H34N6O2S4. The number of nitrogens with zero attached hydrogens (tertiary/aromatic N) is 6. The Labute approximate surface area is 316 Å². The fourth-order valence-electron chi connectivity index (χ4n) is 9.23. The monoisotopic (exact) mass is 758 g/mol. The van der Waals surface area contributed by atoms with Crippen LogP contribution in [0, 0.1) is 35.8 Å². The van der Waals surface area contributed by atoms with Crippen molar-refractivity contribution < 1.29 is 0 Å². The first-order chi connectivity index (χ1) is 25.3. The number of thiophene rings is 2. The van der Waals surface area contributed by atoms with Crippen LogP contribution in [0.4, 0.5) is 0 Å². The maximum absolute atomic E-state index is 13.7. The number of aromatic nitrogens is 2. The van der Waals surface area contributed by atoms with Crippen LogP contribution in [0.15, 0.2) is 21.2 Å². The van der Waals surface area contributed by atoms with E-state index in [9.17, 15) is 20.1 Å². The van der Waals surface area contributed by atoms with Gasteiger partial charge in [-0.2, -0.15) is 0 Å². The molecule has 4 aliphatic rings. The highest BCUT2D eigenvalue weighted by Gasteiger charge is 2.54. The summed E-state index contributed by atoms with van der Waals surface area (Å²) in [7, 11) is 0. The maximum atomic E-state index is 13.7. The van der Waals surface area contributed by atoms with E-state index in [1.165, 1.54) is 77.0 Å². The van der Waals surface area contributed by atoms with Crippen molar-refractivity contribution in [3.05, 3.63) is 100 Å². The summed E-state index contributed by atoms with van der Waals surface area (Å²) in [6.07, 6.45) is 17.6. The van der Waals surface area contributed by atoms with Crippen molar-refractivity contribution in [2.45, 2.75) is 102 Å². The molecule has 0 N–H and O–H groups in total. The number of hydrogen-bond donors (Lipinski definition) is 0. The smallest absolute Gasteiger partial charge is 0.294 e. The molecule has 52 heavy (non-hydrogen) atoms. The van der Waals surface area contributed by atoms with Gasteiger partial charge in [0, 0.05) is 43.4 Å². The van der Waals surface area contributed by atoms with E-state index in [0.29, 0.717) is 31.5 Å². The summed E-state index contributed by atoms with van der Waals surface area (Å²) < 4.78 is 5.07. The number of hydrogen-bond acceptors (Lipinski definition) is 8. The molecule has 4 aliphatic carbocycles. The molecule has 0 aliphatic heterocycles. The third-order valence-electron chi connectivity index (χ3n) is 11.5. The molecule has 0 atom stereocenters. The second kappa shape index (κ2) is 13.1. The van der Waals surface area contributed by atoms with Gasteiger partial charge in [-0.05, 0) is 86.1 Å². The Kier molecular flexibility index (Phi) is 8.72. The largest absolute Gasteiger partial charge is 0.307 e. The summed E-state index contributed by atoms with van der Waals surface area (Å²) in [6, 6.07) is 6.27. The molecule has 8 nitrogen and oxygen atoms in total. The molecule has 0 amide bonds. The molecule has 2 spiro atoms. The highest BCUT2D eigenvalue weighted by atomic mass is 32.1. The Morgan fingerprint density at radius 2 is 1.31 bits per heavy atom. The Balaban J connectivity index is 1.33. The van der Waals surface area contributed by atoms with Crippen molar-refractivity contribution in [1.29, 1.82) is 10.5 Å². The van der Waals surface area contributed by atoms with E-state index in [1.807, 2.05) is 43.4 Å². The average molecular weight is 759 g/mol. The average Bonchev–Trinajstić information content (AvgIpc) is 3.98. The lowest BCUT2D eigenvalue weighted by atomic mass is 9.61. The maximum Gasteiger partial charge on any atom is 0.294 e. The molecule has 0 aromatic carbocycles. The van der Waals surface area contributed by atoms with E-state index >= 15 is 0 Å². The van der Waals surface area contributed by atoms with Gasteiger partial charge in [-0.1, -0.05) is 38.5 Å². The highest BCUT2D eigenvalue weighted by molar-refractivity contribution is 7.23. The topological polar surface area (TPSA) is 100 Å². The highest BCUT2D eigenvalue weighted by Crippen LogP contribution is 2.67. The van der Waals surface area contributed by atoms with Crippen LogP contribution >= 0.6 is 45.3 Å². The van der Waals surface area contributed by atoms with E-state index in [4.69, 9.17) is 13.1 Å². The number of rotatable bonds is 4. The van der Waals surface area contributed by atoms with Crippen molar-refractivity contribution >= 4 is 75.0 Å². The number of allylic oxidation sites excluding steroid dienone is 1. The summed E-state index contributed by atoms with van der Waals surface area (Å²) in [5, 5.41) is 19.2. The molecule has 0 unspecified atom stereocenters. The molecule has 4 heterocycles. The quantitative estimate of drug-likeness (QED) is 0.221. The lowest BCUT2D eigenvalue weighted by Crippen LogP contribution is -2.36. The molecule has 0 bridgehead atoms. The van der Waals surface area contributed by atoms with Gasteiger partial charge < -0.3 is 9.13 Å². The van der Waals surface area contributed by atoms with Crippen LogP contribution in [0.5, 0.6) is 0 Å². The van der Waals surface area contributed by atoms with Crippen LogP contribution in [0.1, 0.15) is 105 Å². The standard InChI is InChI=1S/C40H34N6O2S4/c1-5-45-35(47)29(51-37(45)26(21-41)43-3)18-23-17-28-31(39(23)13-9-7-10-14-39)32-34(50-28)33-25(40(32)15-11-8-12-16-40)19-24(49-33)20-30-36(48)46(6-2)38(52-30)27(22-42)44-4/h17-20H,5-16H2,1-2H3/b29-18-,30-20-,37-26-,38-27+. The molecular weight excluding hydrogens is 725 g/mol. The van der Waals surface area contributed by atoms with Gasteiger partial charge in [0.1, 0.15) is 9.33 Å². The number of nitriles is 2. The SMILES string of the molecule is [C-]#[N+]/C(C#N)=c1\s/c(=C\C2=Cc3sc4c(c3C23CCCCC3)C2(CCCCC2)c2cc(/C=c3\s/c(=C(\C#N)[N+]#[C-])n(CC)c3=O)sc2-4)c(=O)n1CC. The van der Waals surface area contributed by atoms with Gasteiger partial charge in [-0.3, -0.25) is 9.59 Å². The van der Waals surface area contributed by atoms with Crippen molar-refractivity contribution in [3.63, 3.8) is 0 Å². The molecule has 8 rings (SSSR count). The summed E-state index contributed by atoms with van der Waals surface area (Å²) in [5.74, 6) is 0. The minimum atomic E-state index is -0.184. The van der Waals surface area contributed by atoms with Crippen molar-refractivity contribution in [3.8, 4) is 21.9 Å². The third-order valence-corrected chi connectivity index (χ3v) is 16.1. The molecule has 260 valence electrons. The van der Waals surface area contributed by atoms with Gasteiger partial charge in [0.2, 0.25) is 0 Å². The fourth-order valence-corrected chi connectivity index (χ4v) is 14.3. The normalized spacial score (nSPS) is 19.7. The first-order valence-electron chi connectivity index (χ1n) is 17.8. The van der Waals surface area contributed by atoms with Crippen LogP contribution in [-0.4, -0.2) is 9.13 Å². The molecule has 2 saturated carbocycles. The van der Waals surface area contributed by atoms with Gasteiger partial charge in [0.05, 0.1) is 34.3 Å². The zero-order chi connectivity index (χ0) is 36.4. The van der Waals surface area contributed by atoms with Gasteiger partial charge in [-0.15, -0.1) is 45.3 Å². The second-order valence-corrected chi connectivity index (χ2v) is 18.1. The molecule has 12 heteroatoms. The lowest BCUT2D eigenvalue weighted by Gasteiger charge is -2.41. The van der Waals surface area contributed by atoms with Crippen molar-refractivity contribution in [2.75, 3.05) is 0 Å². The van der Waals surface area contributed by atoms with Crippen LogP contribution in [-0.2, 0) is 23.9 Å². The number of fused-ring (bicyclic) bond motifs is 8. The van der Waals surface area contributed by atoms with Crippen LogP contribution in [0.25, 0.3) is 49.1 Å². The molecule has 2 fully saturated rings. The summed E-state index contributed by atoms with van der Waals surface area (Å²) >= 11 is 6.10. The van der Waals surface area contributed by atoms with Crippen LogP contribution in [0.2, 0.25) is 0 Å². The van der Waals surface area contributed by atoms with Crippen molar-refractivity contribution in [2.24, 2.45) is 0 Å². The van der Waals surface area contributed by atoms with E-state index in [2.05, 4.69) is 27.9 Å².